The Kier molecular flexibility index (Phi) is 5.66. The lowest BCUT2D eigenvalue weighted by molar-refractivity contribution is -0.159. The summed E-state index contributed by atoms with van der Waals surface area (Å²) in [5.74, 6) is -1.07. The van der Waals surface area contributed by atoms with E-state index in [0.717, 1.165) is 12.8 Å². The minimum atomic E-state index is -4.21. The first-order valence-corrected chi connectivity index (χ1v) is 7.59. The molecule has 1 amide bonds. The molecule has 0 aromatic heterocycles. The van der Waals surface area contributed by atoms with Gasteiger partial charge in [0, 0.05) is 13.1 Å². The van der Waals surface area contributed by atoms with Crippen molar-refractivity contribution in [2.24, 2.45) is 5.92 Å². The molecule has 0 aromatic rings. The molecule has 0 bridgehead atoms. The van der Waals surface area contributed by atoms with Crippen LogP contribution in [0.25, 0.3) is 0 Å². The Labute approximate surface area is 127 Å². The van der Waals surface area contributed by atoms with Gasteiger partial charge in [-0.1, -0.05) is 0 Å². The number of carbonyl (C=O) groups is 2. The van der Waals surface area contributed by atoms with Gasteiger partial charge >= 0.3 is 12.1 Å². The van der Waals surface area contributed by atoms with E-state index in [1.807, 2.05) is 0 Å². The minimum absolute atomic E-state index is 0.194. The van der Waals surface area contributed by atoms with Crippen molar-refractivity contribution in [3.8, 4) is 0 Å². The van der Waals surface area contributed by atoms with Crippen LogP contribution in [0.3, 0.4) is 0 Å². The van der Waals surface area contributed by atoms with Crippen molar-refractivity contribution in [1.82, 2.24) is 9.80 Å². The van der Waals surface area contributed by atoms with E-state index < -0.39 is 24.6 Å². The highest BCUT2D eigenvalue weighted by Crippen LogP contribution is 2.23. The Hall–Kier alpha value is -1.31. The van der Waals surface area contributed by atoms with Gasteiger partial charge in [-0.2, -0.15) is 13.2 Å². The summed E-state index contributed by atoms with van der Waals surface area (Å²) in [6.07, 6.45) is -1.59. The van der Waals surface area contributed by atoms with Crippen LogP contribution in [0.15, 0.2) is 0 Å². The minimum Gasteiger partial charge on any atom is -0.455 e. The van der Waals surface area contributed by atoms with Gasteiger partial charge in [-0.05, 0) is 38.8 Å². The Morgan fingerprint density at radius 1 is 1.05 bits per heavy atom. The molecule has 0 radical (unpaired) electrons. The lowest BCUT2D eigenvalue weighted by Gasteiger charge is -2.31. The number of hydrogen-bond acceptors (Lipinski definition) is 4. The van der Waals surface area contributed by atoms with E-state index in [-0.39, 0.29) is 25.6 Å². The summed E-state index contributed by atoms with van der Waals surface area (Å²) >= 11 is 0. The van der Waals surface area contributed by atoms with Crippen LogP contribution in [-0.4, -0.2) is 67.2 Å². The van der Waals surface area contributed by atoms with Crippen molar-refractivity contribution in [1.29, 1.82) is 0 Å². The zero-order valence-electron chi connectivity index (χ0n) is 12.4. The maximum absolute atomic E-state index is 12.3. The van der Waals surface area contributed by atoms with Gasteiger partial charge < -0.3 is 9.64 Å². The molecule has 0 saturated carbocycles. The molecule has 2 rings (SSSR count). The second-order valence-electron chi connectivity index (χ2n) is 5.86. The Morgan fingerprint density at radius 3 is 2.18 bits per heavy atom. The van der Waals surface area contributed by atoms with Crippen LogP contribution in [0, 0.1) is 5.92 Å². The lowest BCUT2D eigenvalue weighted by atomic mass is 9.97. The quantitative estimate of drug-likeness (QED) is 0.735. The molecule has 126 valence electrons. The van der Waals surface area contributed by atoms with Crippen molar-refractivity contribution in [2.45, 2.75) is 31.9 Å². The number of esters is 1. The molecule has 2 saturated heterocycles. The smallest absolute Gasteiger partial charge is 0.401 e. The van der Waals surface area contributed by atoms with E-state index in [9.17, 15) is 22.8 Å². The molecule has 2 aliphatic heterocycles. The molecular formula is C14H21F3N2O3. The van der Waals surface area contributed by atoms with Crippen molar-refractivity contribution in [2.75, 3.05) is 39.3 Å². The Balaban J connectivity index is 1.67. The number of nitrogens with zero attached hydrogens (tertiary/aromatic N) is 2. The molecule has 0 aliphatic carbocycles. The summed E-state index contributed by atoms with van der Waals surface area (Å²) in [6, 6.07) is 0. The van der Waals surface area contributed by atoms with Crippen molar-refractivity contribution in [3.63, 3.8) is 0 Å². The fourth-order valence-electron chi connectivity index (χ4n) is 2.89. The normalized spacial score (nSPS) is 21.1. The third-order valence-corrected chi connectivity index (χ3v) is 4.12. The van der Waals surface area contributed by atoms with E-state index in [4.69, 9.17) is 4.74 Å². The second kappa shape index (κ2) is 7.30. The van der Waals surface area contributed by atoms with Crippen LogP contribution < -0.4 is 0 Å². The number of carbonyl (C=O) groups excluding carboxylic acids is 2. The summed E-state index contributed by atoms with van der Waals surface area (Å²) < 4.78 is 41.9. The zero-order valence-corrected chi connectivity index (χ0v) is 12.4. The second-order valence-corrected chi connectivity index (χ2v) is 5.86. The SMILES string of the molecule is O=C(OCC(=O)N1CCCC1)C1CCN(CC(F)(F)F)CC1. The number of halogens is 3. The molecule has 2 fully saturated rings. The zero-order chi connectivity index (χ0) is 16.2. The summed E-state index contributed by atoms with van der Waals surface area (Å²) in [5.41, 5.74) is 0. The van der Waals surface area contributed by atoms with E-state index >= 15 is 0 Å². The van der Waals surface area contributed by atoms with Gasteiger partial charge in [0.1, 0.15) is 0 Å². The van der Waals surface area contributed by atoms with Crippen LogP contribution in [0.5, 0.6) is 0 Å². The van der Waals surface area contributed by atoms with Crippen molar-refractivity contribution < 1.29 is 27.5 Å². The van der Waals surface area contributed by atoms with E-state index in [1.165, 1.54) is 4.90 Å². The van der Waals surface area contributed by atoms with E-state index in [0.29, 0.717) is 25.9 Å². The number of ether oxygens (including phenoxy) is 1. The third kappa shape index (κ3) is 5.15. The molecule has 8 heteroatoms. The molecule has 0 N–H and O–H groups in total. The van der Waals surface area contributed by atoms with Crippen LogP contribution in [0.4, 0.5) is 13.2 Å². The summed E-state index contributed by atoms with van der Waals surface area (Å²) in [7, 11) is 0. The topological polar surface area (TPSA) is 49.9 Å². The first-order valence-electron chi connectivity index (χ1n) is 7.59. The number of alkyl halides is 3. The van der Waals surface area contributed by atoms with Crippen LogP contribution in [0.1, 0.15) is 25.7 Å². The largest absolute Gasteiger partial charge is 0.455 e. The number of hydrogen-bond donors (Lipinski definition) is 0. The lowest BCUT2D eigenvalue weighted by Crippen LogP contribution is -2.42. The van der Waals surface area contributed by atoms with Gasteiger partial charge in [-0.25, -0.2) is 0 Å². The summed E-state index contributed by atoms with van der Waals surface area (Å²) in [6.45, 7) is 0.640. The predicted octanol–water partition coefficient (Wildman–Crippen LogP) is 1.43. The van der Waals surface area contributed by atoms with Crippen LogP contribution in [0.2, 0.25) is 0 Å². The highest BCUT2D eigenvalue weighted by atomic mass is 19.4. The van der Waals surface area contributed by atoms with Crippen LogP contribution >= 0.6 is 0 Å². The van der Waals surface area contributed by atoms with E-state index in [2.05, 4.69) is 0 Å². The molecule has 5 nitrogen and oxygen atoms in total. The number of rotatable bonds is 4. The van der Waals surface area contributed by atoms with Gasteiger partial charge in [0.25, 0.3) is 5.91 Å². The number of amides is 1. The highest BCUT2D eigenvalue weighted by molar-refractivity contribution is 5.81. The predicted molar refractivity (Wildman–Crippen MR) is 72.0 cm³/mol. The molecule has 2 aliphatic rings. The number of likely N-dealkylation sites (tertiary alicyclic amines) is 2. The van der Waals surface area contributed by atoms with Crippen LogP contribution in [-0.2, 0) is 14.3 Å². The average Bonchev–Trinajstić information content (AvgIpc) is 2.97. The maximum Gasteiger partial charge on any atom is 0.401 e. The fourth-order valence-corrected chi connectivity index (χ4v) is 2.89. The first kappa shape index (κ1) is 17.1. The van der Waals surface area contributed by atoms with Gasteiger partial charge in [0.05, 0.1) is 12.5 Å². The van der Waals surface area contributed by atoms with Gasteiger partial charge in [-0.15, -0.1) is 0 Å². The maximum atomic E-state index is 12.3. The molecule has 0 aromatic carbocycles. The molecule has 22 heavy (non-hydrogen) atoms. The Morgan fingerprint density at radius 2 is 1.64 bits per heavy atom. The van der Waals surface area contributed by atoms with Crippen molar-refractivity contribution >= 4 is 11.9 Å². The number of piperidine rings is 1. The van der Waals surface area contributed by atoms with Crippen molar-refractivity contribution in [3.05, 3.63) is 0 Å². The van der Waals surface area contributed by atoms with Gasteiger partial charge in [0.15, 0.2) is 6.61 Å². The summed E-state index contributed by atoms with van der Waals surface area (Å²) in [5, 5.41) is 0. The highest BCUT2D eigenvalue weighted by Gasteiger charge is 2.34. The molecule has 2 heterocycles. The molecule has 0 spiro atoms. The molecule has 0 unspecified atom stereocenters. The standard InChI is InChI=1S/C14H21F3N2O3/c15-14(16,17)10-18-7-3-11(4-8-18)13(21)22-9-12(20)19-5-1-2-6-19/h11H,1-10H2. The first-order chi connectivity index (χ1) is 10.3. The third-order valence-electron chi connectivity index (χ3n) is 4.12. The molecular weight excluding hydrogens is 301 g/mol. The van der Waals surface area contributed by atoms with E-state index in [1.54, 1.807) is 4.90 Å². The summed E-state index contributed by atoms with van der Waals surface area (Å²) in [4.78, 5) is 26.6. The fraction of sp³-hybridized carbons (Fsp3) is 0.857. The Bertz CT molecular complexity index is 401. The average molecular weight is 322 g/mol. The van der Waals surface area contributed by atoms with Gasteiger partial charge in [-0.3, -0.25) is 14.5 Å². The molecule has 0 atom stereocenters. The monoisotopic (exact) mass is 322 g/mol. The van der Waals surface area contributed by atoms with Gasteiger partial charge in [0.2, 0.25) is 0 Å².